The molecule has 2 heterocycles. The van der Waals surface area contributed by atoms with E-state index in [0.29, 0.717) is 16.4 Å². The Bertz CT molecular complexity index is 1250. The fourth-order valence-electron chi connectivity index (χ4n) is 3.08. The molecule has 0 fully saturated rings. The Morgan fingerprint density at radius 1 is 1.07 bits per heavy atom. The number of fused-ring (bicyclic) bond motifs is 3. The lowest BCUT2D eigenvalue weighted by Crippen LogP contribution is -2.24. The maximum atomic E-state index is 12.7. The summed E-state index contributed by atoms with van der Waals surface area (Å²) in [7, 11) is 0. The maximum Gasteiger partial charge on any atom is 0.261 e. The highest BCUT2D eigenvalue weighted by Gasteiger charge is 2.15. The first-order valence-corrected chi connectivity index (χ1v) is 9.52. The van der Waals surface area contributed by atoms with Crippen molar-refractivity contribution in [2.24, 2.45) is 0 Å². The Balaban J connectivity index is 1.70. The van der Waals surface area contributed by atoms with Crippen molar-refractivity contribution in [3.8, 4) is 0 Å². The molecule has 4 aromatic rings. The number of nitrogens with one attached hydrogen (secondary N) is 1. The second-order valence-corrected chi connectivity index (χ2v) is 7.72. The Kier molecular flexibility index (Phi) is 4.28. The maximum absolute atomic E-state index is 12.7. The zero-order valence-corrected chi connectivity index (χ0v) is 16.2. The zero-order chi connectivity index (χ0) is 19.1. The summed E-state index contributed by atoms with van der Waals surface area (Å²) < 4.78 is 1.57. The number of imidazole rings is 1. The predicted molar refractivity (Wildman–Crippen MR) is 109 cm³/mol. The van der Waals surface area contributed by atoms with E-state index in [4.69, 9.17) is 0 Å². The predicted octanol–water partition coefficient (Wildman–Crippen LogP) is 3.76. The van der Waals surface area contributed by atoms with E-state index in [9.17, 15) is 9.59 Å². The average molecular weight is 377 g/mol. The number of carbonyl (C=O) groups excluding carboxylic acids is 1. The van der Waals surface area contributed by atoms with Crippen LogP contribution >= 0.6 is 11.3 Å². The molecule has 0 aliphatic rings. The molecule has 0 saturated carbocycles. The number of hydrogen-bond acceptors (Lipinski definition) is 4. The summed E-state index contributed by atoms with van der Waals surface area (Å²) >= 11 is 1.23. The lowest BCUT2D eigenvalue weighted by atomic mass is 10.1. The molecular formula is C21H19N3O2S. The van der Waals surface area contributed by atoms with E-state index in [1.807, 2.05) is 57.2 Å². The van der Waals surface area contributed by atoms with Crippen LogP contribution in [0, 0.1) is 20.8 Å². The van der Waals surface area contributed by atoms with Gasteiger partial charge in [-0.2, -0.15) is 0 Å². The van der Waals surface area contributed by atoms with Crippen LogP contribution < -0.4 is 10.9 Å². The number of hydrogen-bond donors (Lipinski definition) is 1. The zero-order valence-electron chi connectivity index (χ0n) is 15.4. The van der Waals surface area contributed by atoms with Crippen LogP contribution in [0.3, 0.4) is 0 Å². The van der Waals surface area contributed by atoms with E-state index >= 15 is 0 Å². The molecule has 0 atom stereocenters. The molecular weight excluding hydrogens is 358 g/mol. The summed E-state index contributed by atoms with van der Waals surface area (Å²) in [6, 6.07) is 13.2. The van der Waals surface area contributed by atoms with Crippen molar-refractivity contribution >= 4 is 33.2 Å². The summed E-state index contributed by atoms with van der Waals surface area (Å²) in [4.78, 5) is 30.7. The summed E-state index contributed by atoms with van der Waals surface area (Å²) in [5, 5.41) is 2.90. The molecule has 0 spiro atoms. The number of amides is 1. The van der Waals surface area contributed by atoms with Gasteiger partial charge in [0, 0.05) is 12.6 Å². The van der Waals surface area contributed by atoms with Crippen LogP contribution in [0.4, 0.5) is 0 Å². The SMILES string of the molecule is Cc1cc2nc3sc(C(=O)NCc4ccccc4C)cc(=O)n3c2cc1C. The lowest BCUT2D eigenvalue weighted by Gasteiger charge is -2.07. The first-order valence-electron chi connectivity index (χ1n) is 8.70. The standard InChI is InChI=1S/C21H19N3O2S/c1-12-6-4-5-7-15(12)11-22-20(26)18-10-19(25)24-17-9-14(3)13(2)8-16(17)23-21(24)27-18/h4-10H,11H2,1-3H3,(H,22,26). The molecule has 6 heteroatoms. The number of benzene rings is 2. The van der Waals surface area contributed by atoms with Crippen LogP contribution in [-0.4, -0.2) is 15.3 Å². The van der Waals surface area contributed by atoms with Gasteiger partial charge in [-0.15, -0.1) is 0 Å². The van der Waals surface area contributed by atoms with Gasteiger partial charge in [0.25, 0.3) is 11.5 Å². The number of aryl methyl sites for hydroxylation is 3. The summed E-state index contributed by atoms with van der Waals surface area (Å²) in [6.07, 6.45) is 0. The molecule has 27 heavy (non-hydrogen) atoms. The monoisotopic (exact) mass is 377 g/mol. The van der Waals surface area contributed by atoms with Crippen LogP contribution in [-0.2, 0) is 6.54 Å². The van der Waals surface area contributed by atoms with Crippen LogP contribution in [0.1, 0.15) is 31.9 Å². The van der Waals surface area contributed by atoms with Gasteiger partial charge in [0.2, 0.25) is 0 Å². The van der Waals surface area contributed by atoms with Gasteiger partial charge in [-0.25, -0.2) is 4.98 Å². The molecule has 0 aliphatic heterocycles. The van der Waals surface area contributed by atoms with Crippen LogP contribution in [0.5, 0.6) is 0 Å². The Morgan fingerprint density at radius 2 is 1.81 bits per heavy atom. The smallest absolute Gasteiger partial charge is 0.261 e. The highest BCUT2D eigenvalue weighted by molar-refractivity contribution is 7.18. The van der Waals surface area contributed by atoms with Crippen molar-refractivity contribution in [1.82, 2.24) is 14.7 Å². The highest BCUT2D eigenvalue weighted by atomic mass is 32.1. The van der Waals surface area contributed by atoms with E-state index in [2.05, 4.69) is 10.3 Å². The first kappa shape index (κ1) is 17.4. The molecule has 0 saturated heterocycles. The van der Waals surface area contributed by atoms with Crippen LogP contribution in [0.25, 0.3) is 16.0 Å². The molecule has 0 bridgehead atoms. The van der Waals surface area contributed by atoms with Gasteiger partial charge >= 0.3 is 0 Å². The topological polar surface area (TPSA) is 63.5 Å². The minimum absolute atomic E-state index is 0.240. The van der Waals surface area contributed by atoms with E-state index in [1.165, 1.54) is 17.4 Å². The minimum Gasteiger partial charge on any atom is -0.347 e. The van der Waals surface area contributed by atoms with Gasteiger partial charge in [-0.1, -0.05) is 35.6 Å². The summed E-state index contributed by atoms with van der Waals surface area (Å²) in [6.45, 7) is 6.46. The second kappa shape index (κ2) is 6.63. The second-order valence-electron chi connectivity index (χ2n) is 6.71. The molecule has 136 valence electrons. The van der Waals surface area contributed by atoms with Crippen LogP contribution in [0.2, 0.25) is 0 Å². The number of rotatable bonds is 3. The fourth-order valence-corrected chi connectivity index (χ4v) is 4.02. The number of carbonyl (C=O) groups is 1. The Morgan fingerprint density at radius 3 is 2.59 bits per heavy atom. The van der Waals surface area contributed by atoms with Crippen LogP contribution in [0.15, 0.2) is 47.3 Å². The quantitative estimate of drug-likeness (QED) is 0.591. The fraction of sp³-hybridized carbons (Fsp3) is 0.190. The molecule has 5 nitrogen and oxygen atoms in total. The van der Waals surface area contributed by atoms with Gasteiger partial charge in [-0.05, 0) is 55.2 Å². The molecule has 2 aromatic carbocycles. The third-order valence-corrected chi connectivity index (χ3v) is 5.82. The Labute approximate surface area is 160 Å². The van der Waals surface area contributed by atoms with Gasteiger partial charge in [0.1, 0.15) is 4.88 Å². The largest absolute Gasteiger partial charge is 0.347 e. The van der Waals surface area contributed by atoms with E-state index in [0.717, 1.165) is 33.3 Å². The molecule has 2 aromatic heterocycles. The number of nitrogens with zero attached hydrogens (tertiary/aromatic N) is 2. The normalized spacial score (nSPS) is 11.2. The number of aromatic nitrogens is 2. The van der Waals surface area contributed by atoms with Gasteiger partial charge < -0.3 is 5.32 Å². The highest BCUT2D eigenvalue weighted by Crippen LogP contribution is 2.22. The van der Waals surface area contributed by atoms with Crippen molar-refractivity contribution in [3.63, 3.8) is 0 Å². The summed E-state index contributed by atoms with van der Waals surface area (Å²) in [5.74, 6) is -0.262. The molecule has 1 amide bonds. The Hall–Kier alpha value is -2.99. The first-order chi connectivity index (χ1) is 12.9. The molecule has 1 N–H and O–H groups in total. The van der Waals surface area contributed by atoms with E-state index in [-0.39, 0.29) is 11.5 Å². The molecule has 4 rings (SSSR count). The van der Waals surface area contributed by atoms with Crippen molar-refractivity contribution in [3.05, 3.63) is 79.9 Å². The van der Waals surface area contributed by atoms with Crippen molar-refractivity contribution in [1.29, 1.82) is 0 Å². The third kappa shape index (κ3) is 3.13. The van der Waals surface area contributed by atoms with Crippen molar-refractivity contribution < 1.29 is 4.79 Å². The molecule has 0 radical (unpaired) electrons. The van der Waals surface area contributed by atoms with Crippen molar-refractivity contribution in [2.75, 3.05) is 0 Å². The average Bonchev–Trinajstić information content (AvgIpc) is 2.98. The minimum atomic E-state index is -0.262. The van der Waals surface area contributed by atoms with E-state index in [1.54, 1.807) is 4.40 Å². The van der Waals surface area contributed by atoms with Gasteiger partial charge in [0.15, 0.2) is 4.96 Å². The summed E-state index contributed by atoms with van der Waals surface area (Å²) in [5.41, 5.74) is 5.71. The van der Waals surface area contributed by atoms with Gasteiger partial charge in [0.05, 0.1) is 11.0 Å². The molecule has 0 aliphatic carbocycles. The lowest BCUT2D eigenvalue weighted by molar-refractivity contribution is 0.0954. The van der Waals surface area contributed by atoms with Gasteiger partial charge in [-0.3, -0.25) is 14.0 Å². The van der Waals surface area contributed by atoms with Crippen molar-refractivity contribution in [2.45, 2.75) is 27.3 Å². The molecule has 0 unspecified atom stereocenters. The third-order valence-electron chi connectivity index (χ3n) is 4.84. The van der Waals surface area contributed by atoms with E-state index < -0.39 is 0 Å².